The molecule has 1 N–H and O–H groups in total. The third-order valence-corrected chi connectivity index (χ3v) is 6.86. The Hall–Kier alpha value is -1.53. The van der Waals surface area contributed by atoms with Gasteiger partial charge in [-0.05, 0) is 79.1 Å². The van der Waals surface area contributed by atoms with Crippen molar-refractivity contribution in [3.8, 4) is 17.2 Å². The van der Waals surface area contributed by atoms with E-state index in [2.05, 4.69) is 11.7 Å². The normalized spacial score (nSPS) is 14.1. The number of carbonyl (C=O) groups is 1. The van der Waals surface area contributed by atoms with E-state index in [4.69, 9.17) is 44.3 Å². The summed E-state index contributed by atoms with van der Waals surface area (Å²) in [6, 6.07) is 14.3. The number of ether oxygens (including phenoxy) is 2. The molecule has 4 nitrogen and oxygen atoms in total. The molecule has 1 heterocycles. The Labute approximate surface area is 242 Å². The van der Waals surface area contributed by atoms with E-state index in [1.54, 1.807) is 36.4 Å². The Morgan fingerprint density at radius 1 is 1.06 bits per heavy atom. The van der Waals surface area contributed by atoms with Crippen molar-refractivity contribution in [2.75, 3.05) is 13.2 Å². The molecule has 1 aliphatic carbocycles. The molecule has 1 aliphatic heterocycles. The topological polar surface area (TPSA) is 47.6 Å². The van der Waals surface area contributed by atoms with E-state index >= 15 is 0 Å². The summed E-state index contributed by atoms with van der Waals surface area (Å²) in [6.07, 6.45) is 5.86. The second kappa shape index (κ2) is 11.7. The van der Waals surface area contributed by atoms with E-state index in [0.717, 1.165) is 41.7 Å². The number of carbonyl (C=O) groups excluding carboxylic acids is 1. The van der Waals surface area contributed by atoms with Gasteiger partial charge in [0.1, 0.15) is 11.5 Å². The molecule has 2 aliphatic rings. The van der Waals surface area contributed by atoms with Crippen LogP contribution in [0.25, 0.3) is 0 Å². The van der Waals surface area contributed by atoms with Crippen LogP contribution in [0.1, 0.15) is 52.2 Å². The fourth-order valence-corrected chi connectivity index (χ4v) is 4.88. The molecule has 35 heavy (non-hydrogen) atoms. The van der Waals surface area contributed by atoms with Crippen LogP contribution in [0.2, 0.25) is 15.1 Å². The Morgan fingerprint density at radius 2 is 1.83 bits per heavy atom. The molecule has 176 valence electrons. The van der Waals surface area contributed by atoms with Gasteiger partial charge in [-0.1, -0.05) is 40.9 Å². The molecule has 0 aromatic heterocycles. The predicted molar refractivity (Wildman–Crippen MR) is 136 cm³/mol. The second-order valence-corrected chi connectivity index (χ2v) is 9.75. The molecule has 3 aromatic rings. The molecule has 0 saturated heterocycles. The molecule has 8 heteroatoms. The summed E-state index contributed by atoms with van der Waals surface area (Å²) < 4.78 is 12.2. The minimum absolute atomic E-state index is 0. The third-order valence-electron chi connectivity index (χ3n) is 6.00. The van der Waals surface area contributed by atoms with Gasteiger partial charge in [-0.15, -0.1) is 11.6 Å². The molecule has 0 unspecified atom stereocenters. The average Bonchev–Trinajstić information content (AvgIpc) is 3.66. The Kier molecular flexibility index (Phi) is 8.85. The van der Waals surface area contributed by atoms with Gasteiger partial charge < -0.3 is 14.8 Å². The van der Waals surface area contributed by atoms with Gasteiger partial charge in [0.15, 0.2) is 0 Å². The summed E-state index contributed by atoms with van der Waals surface area (Å²) in [5.74, 6) is 2.41. The van der Waals surface area contributed by atoms with Gasteiger partial charge in [0, 0.05) is 32.9 Å². The number of hydrogen-bond donors (Lipinski definition) is 1. The zero-order chi connectivity index (χ0) is 23.7. The summed E-state index contributed by atoms with van der Waals surface area (Å²) >= 11 is 18.7. The van der Waals surface area contributed by atoms with E-state index in [1.807, 2.05) is 12.1 Å². The van der Waals surface area contributed by atoms with Crippen molar-refractivity contribution in [3.05, 3.63) is 92.3 Å². The minimum atomic E-state index is -0.161. The van der Waals surface area contributed by atoms with Gasteiger partial charge in [-0.25, -0.2) is 0 Å². The summed E-state index contributed by atoms with van der Waals surface area (Å²) in [6.45, 7) is 1.13. The van der Waals surface area contributed by atoms with Crippen LogP contribution in [0.4, 0.5) is 0 Å². The standard InChI is InChI=1S/C27H23Cl3NO3.Na/c28-20-8-5-16(22(29)15-20)11-12-31-27(32)18-6-9-21(10-7-18)34-26-23(30)14-19-2-1-13-33-25(19)24(26)17-3-4-17;/h2,5-10,14-15,17H,1,3-4,11-13H2,(H,31,32);/q-1;+1. The van der Waals surface area contributed by atoms with Crippen LogP contribution in [0.3, 0.4) is 0 Å². The number of nitrogens with one attached hydrogen (secondary N) is 1. The first-order chi connectivity index (χ1) is 16.5. The zero-order valence-electron chi connectivity index (χ0n) is 19.4. The van der Waals surface area contributed by atoms with Crippen molar-refractivity contribution >= 4 is 40.7 Å². The molecule has 1 saturated carbocycles. The molecule has 0 atom stereocenters. The van der Waals surface area contributed by atoms with E-state index < -0.39 is 0 Å². The van der Waals surface area contributed by atoms with Crippen LogP contribution in [-0.4, -0.2) is 19.1 Å². The maximum atomic E-state index is 12.6. The van der Waals surface area contributed by atoms with Crippen LogP contribution in [0, 0.1) is 6.42 Å². The van der Waals surface area contributed by atoms with Crippen LogP contribution in [-0.2, 0) is 6.42 Å². The number of rotatable bonds is 7. The fourth-order valence-electron chi connectivity index (χ4n) is 4.12. The molecule has 0 radical (unpaired) electrons. The van der Waals surface area contributed by atoms with Crippen LogP contribution in [0.5, 0.6) is 17.2 Å². The van der Waals surface area contributed by atoms with Crippen molar-refractivity contribution in [3.63, 3.8) is 0 Å². The molecule has 0 spiro atoms. The van der Waals surface area contributed by atoms with Crippen molar-refractivity contribution in [1.82, 2.24) is 5.32 Å². The number of fused-ring (bicyclic) bond motifs is 1. The molecule has 1 fully saturated rings. The van der Waals surface area contributed by atoms with Gasteiger partial charge in [0.05, 0.1) is 6.61 Å². The van der Waals surface area contributed by atoms with Gasteiger partial charge in [-0.3, -0.25) is 4.79 Å². The maximum Gasteiger partial charge on any atom is 1.00 e. The SMILES string of the molecule is O=C(NCCc1ccc(Cl)cc1Cl)c1ccc(Oc2c(Cl)cc3c(c2C2CC2)OCC[CH-]3)cc1.[Na+]. The number of amides is 1. The first-order valence-electron chi connectivity index (χ1n) is 11.3. The second-order valence-electron chi connectivity index (χ2n) is 8.50. The first-order valence-corrected chi connectivity index (χ1v) is 12.5. The van der Waals surface area contributed by atoms with E-state index in [0.29, 0.717) is 57.6 Å². The van der Waals surface area contributed by atoms with Gasteiger partial charge in [0.25, 0.3) is 5.91 Å². The van der Waals surface area contributed by atoms with Crippen LogP contribution < -0.4 is 44.3 Å². The fraction of sp³-hybridized carbons (Fsp3) is 0.259. The molecule has 1 amide bonds. The third kappa shape index (κ3) is 6.25. The molecular formula is C27H23Cl3NNaO3. The Balaban J connectivity index is 0.00000289. The summed E-state index contributed by atoms with van der Waals surface area (Å²) in [4.78, 5) is 12.6. The van der Waals surface area contributed by atoms with Gasteiger partial charge in [0.2, 0.25) is 0 Å². The first kappa shape index (κ1) is 26.5. The van der Waals surface area contributed by atoms with Crippen molar-refractivity contribution in [2.45, 2.75) is 31.6 Å². The Morgan fingerprint density at radius 3 is 2.54 bits per heavy atom. The molecule has 3 aromatic carbocycles. The zero-order valence-corrected chi connectivity index (χ0v) is 23.6. The number of halogens is 3. The molecule has 0 bridgehead atoms. The summed E-state index contributed by atoms with van der Waals surface area (Å²) in [5.41, 5.74) is 3.58. The Bertz CT molecular complexity index is 1230. The minimum Gasteiger partial charge on any atom is -0.551 e. The van der Waals surface area contributed by atoms with Crippen molar-refractivity contribution in [1.29, 1.82) is 0 Å². The maximum absolute atomic E-state index is 12.6. The van der Waals surface area contributed by atoms with Crippen LogP contribution >= 0.6 is 34.8 Å². The largest absolute Gasteiger partial charge is 1.00 e. The van der Waals surface area contributed by atoms with E-state index in [-0.39, 0.29) is 35.5 Å². The molecule has 5 rings (SSSR count). The van der Waals surface area contributed by atoms with Gasteiger partial charge in [-0.2, -0.15) is 6.42 Å². The van der Waals surface area contributed by atoms with E-state index in [9.17, 15) is 4.79 Å². The predicted octanol–water partition coefficient (Wildman–Crippen LogP) is 4.63. The monoisotopic (exact) mass is 537 g/mol. The quantitative estimate of drug-likeness (QED) is 0.353. The summed E-state index contributed by atoms with van der Waals surface area (Å²) in [5, 5.41) is 4.68. The van der Waals surface area contributed by atoms with Crippen LogP contribution in [0.15, 0.2) is 48.5 Å². The average molecular weight is 539 g/mol. The van der Waals surface area contributed by atoms with Gasteiger partial charge >= 0.3 is 29.6 Å². The number of benzene rings is 3. The smallest absolute Gasteiger partial charge is 0.551 e. The number of hydrogen-bond acceptors (Lipinski definition) is 3. The van der Waals surface area contributed by atoms with E-state index in [1.165, 1.54) is 0 Å². The van der Waals surface area contributed by atoms with Crippen molar-refractivity contribution < 1.29 is 43.8 Å². The molecular weight excluding hydrogens is 516 g/mol. The van der Waals surface area contributed by atoms with Crippen molar-refractivity contribution in [2.24, 2.45) is 0 Å². The summed E-state index contributed by atoms with van der Waals surface area (Å²) in [7, 11) is 0.